The van der Waals surface area contributed by atoms with Crippen molar-refractivity contribution in [3.8, 4) is 0 Å². The molecule has 1 aliphatic carbocycles. The molecule has 2 aromatic rings. The maximum absolute atomic E-state index is 10.2. The Bertz CT molecular complexity index is 836. The molecule has 0 fully saturated rings. The number of H-pyrrole nitrogens is 1. The Balaban J connectivity index is 1.86. The molecule has 112 valence electrons. The standard InChI is InChI=1S/C19H20N2O/c1-19(2)9-7-14-16(11-19)21(10-8-18(14)22)17-12-20-15-6-4-3-5-13(15)17/h3-9,12,20,22H,10-11H2,1-2H3. The second-order valence-corrected chi connectivity index (χ2v) is 6.78. The van der Waals surface area contributed by atoms with Crippen LogP contribution in [0.3, 0.4) is 0 Å². The number of benzene rings is 1. The Kier molecular flexibility index (Phi) is 2.73. The van der Waals surface area contributed by atoms with Gasteiger partial charge in [0.25, 0.3) is 0 Å². The summed E-state index contributed by atoms with van der Waals surface area (Å²) >= 11 is 0. The normalized spacial score (nSPS) is 20.3. The molecule has 0 saturated heterocycles. The molecule has 0 radical (unpaired) electrons. The van der Waals surface area contributed by atoms with E-state index >= 15 is 0 Å². The predicted octanol–water partition coefficient (Wildman–Crippen LogP) is 4.67. The summed E-state index contributed by atoms with van der Waals surface area (Å²) in [4.78, 5) is 5.67. The summed E-state index contributed by atoms with van der Waals surface area (Å²) in [6, 6.07) is 8.35. The summed E-state index contributed by atoms with van der Waals surface area (Å²) in [5, 5.41) is 11.4. The van der Waals surface area contributed by atoms with Crippen molar-refractivity contribution < 1.29 is 5.11 Å². The minimum atomic E-state index is 0.112. The van der Waals surface area contributed by atoms with E-state index in [1.165, 1.54) is 16.8 Å². The summed E-state index contributed by atoms with van der Waals surface area (Å²) < 4.78 is 0. The fourth-order valence-corrected chi connectivity index (χ4v) is 3.39. The zero-order valence-electron chi connectivity index (χ0n) is 12.9. The third-order valence-corrected chi connectivity index (χ3v) is 4.56. The molecule has 4 rings (SSSR count). The molecule has 3 nitrogen and oxygen atoms in total. The highest BCUT2D eigenvalue weighted by Crippen LogP contribution is 2.42. The number of allylic oxidation sites excluding steroid dienone is 3. The van der Waals surface area contributed by atoms with Crippen LogP contribution in [0.25, 0.3) is 10.9 Å². The first kappa shape index (κ1) is 13.3. The summed E-state index contributed by atoms with van der Waals surface area (Å²) in [6.07, 6.45) is 9.14. The van der Waals surface area contributed by atoms with Gasteiger partial charge in [0.1, 0.15) is 5.76 Å². The van der Waals surface area contributed by atoms with E-state index in [-0.39, 0.29) is 5.41 Å². The lowest BCUT2D eigenvalue weighted by molar-refractivity contribution is 0.406. The van der Waals surface area contributed by atoms with Gasteiger partial charge in [-0.2, -0.15) is 0 Å². The molecule has 3 heteroatoms. The Morgan fingerprint density at radius 2 is 2.05 bits per heavy atom. The van der Waals surface area contributed by atoms with E-state index in [0.717, 1.165) is 17.5 Å². The van der Waals surface area contributed by atoms with Gasteiger partial charge in [0.2, 0.25) is 0 Å². The number of aromatic nitrogens is 1. The van der Waals surface area contributed by atoms with Crippen LogP contribution in [0.15, 0.2) is 65.7 Å². The number of rotatable bonds is 1. The van der Waals surface area contributed by atoms with Crippen molar-refractivity contribution in [2.75, 3.05) is 11.4 Å². The maximum Gasteiger partial charge on any atom is 0.122 e. The molecule has 0 bridgehead atoms. The smallest absolute Gasteiger partial charge is 0.122 e. The first-order valence-corrected chi connectivity index (χ1v) is 7.71. The monoisotopic (exact) mass is 292 g/mol. The van der Waals surface area contributed by atoms with Crippen molar-refractivity contribution in [3.05, 3.63) is 65.7 Å². The fourth-order valence-electron chi connectivity index (χ4n) is 3.39. The number of fused-ring (bicyclic) bond motifs is 1. The van der Waals surface area contributed by atoms with E-state index in [2.05, 4.69) is 60.3 Å². The largest absolute Gasteiger partial charge is 0.508 e. The number of hydrogen-bond donors (Lipinski definition) is 2. The second-order valence-electron chi connectivity index (χ2n) is 6.78. The number of anilines is 1. The quantitative estimate of drug-likeness (QED) is 0.801. The average molecular weight is 292 g/mol. The van der Waals surface area contributed by atoms with Crippen molar-refractivity contribution in [3.63, 3.8) is 0 Å². The molecular formula is C19H20N2O. The molecule has 1 aliphatic heterocycles. The molecule has 1 aromatic heterocycles. The number of aliphatic hydroxyl groups is 1. The van der Waals surface area contributed by atoms with Gasteiger partial charge in [-0.25, -0.2) is 0 Å². The van der Waals surface area contributed by atoms with Crippen molar-refractivity contribution in [2.24, 2.45) is 5.41 Å². The highest BCUT2D eigenvalue weighted by molar-refractivity contribution is 5.94. The molecule has 0 atom stereocenters. The molecule has 22 heavy (non-hydrogen) atoms. The van der Waals surface area contributed by atoms with Crippen molar-refractivity contribution in [1.82, 2.24) is 4.98 Å². The van der Waals surface area contributed by atoms with E-state index in [1.54, 1.807) is 0 Å². The van der Waals surface area contributed by atoms with Crippen LogP contribution in [0.2, 0.25) is 0 Å². The number of hydrogen-bond acceptors (Lipinski definition) is 2. The van der Waals surface area contributed by atoms with Gasteiger partial charge < -0.3 is 15.0 Å². The summed E-state index contributed by atoms with van der Waals surface area (Å²) in [7, 11) is 0. The fraction of sp³-hybridized carbons (Fsp3) is 0.263. The van der Waals surface area contributed by atoms with Gasteiger partial charge in [-0.1, -0.05) is 44.2 Å². The molecule has 2 heterocycles. The molecule has 0 unspecified atom stereocenters. The third kappa shape index (κ3) is 1.97. The van der Waals surface area contributed by atoms with Crippen LogP contribution >= 0.6 is 0 Å². The lowest BCUT2D eigenvalue weighted by Crippen LogP contribution is -2.32. The van der Waals surface area contributed by atoms with Gasteiger partial charge >= 0.3 is 0 Å². The van der Waals surface area contributed by atoms with Gasteiger partial charge in [-0.05, 0) is 24.0 Å². The molecule has 2 N–H and O–H groups in total. The number of nitrogens with one attached hydrogen (secondary N) is 1. The number of para-hydroxylation sites is 1. The SMILES string of the molecule is CC1(C)C=CC2=C(C1)N(c1c[nH]c3ccccc13)CC=C2O. The van der Waals surface area contributed by atoms with Gasteiger partial charge in [0.15, 0.2) is 0 Å². The number of aromatic amines is 1. The van der Waals surface area contributed by atoms with E-state index in [9.17, 15) is 5.11 Å². The Labute approximate surface area is 130 Å². The van der Waals surface area contributed by atoms with Crippen molar-refractivity contribution in [2.45, 2.75) is 20.3 Å². The average Bonchev–Trinajstić information content (AvgIpc) is 2.90. The predicted molar refractivity (Wildman–Crippen MR) is 90.9 cm³/mol. The Hall–Kier alpha value is -2.42. The summed E-state index contributed by atoms with van der Waals surface area (Å²) in [5.41, 5.74) is 4.59. The highest BCUT2D eigenvalue weighted by Gasteiger charge is 2.30. The van der Waals surface area contributed by atoms with E-state index in [1.807, 2.05) is 12.1 Å². The van der Waals surface area contributed by atoms with Crippen LogP contribution in [-0.2, 0) is 0 Å². The third-order valence-electron chi connectivity index (χ3n) is 4.56. The van der Waals surface area contributed by atoms with Crippen LogP contribution < -0.4 is 4.90 Å². The van der Waals surface area contributed by atoms with Crippen LogP contribution in [0, 0.1) is 5.41 Å². The van der Waals surface area contributed by atoms with Crippen LogP contribution in [0.1, 0.15) is 20.3 Å². The van der Waals surface area contributed by atoms with E-state index in [4.69, 9.17) is 0 Å². The van der Waals surface area contributed by atoms with Gasteiger partial charge in [-0.3, -0.25) is 0 Å². The minimum Gasteiger partial charge on any atom is -0.508 e. The summed E-state index contributed by atoms with van der Waals surface area (Å²) in [6.45, 7) is 5.17. The topological polar surface area (TPSA) is 39.3 Å². The second kappa shape index (κ2) is 4.54. The van der Waals surface area contributed by atoms with Gasteiger partial charge in [0, 0.05) is 34.9 Å². The first-order valence-electron chi connectivity index (χ1n) is 7.71. The first-order chi connectivity index (χ1) is 10.6. The van der Waals surface area contributed by atoms with E-state index in [0.29, 0.717) is 12.3 Å². The van der Waals surface area contributed by atoms with Gasteiger partial charge in [0.05, 0.1) is 5.69 Å². The maximum atomic E-state index is 10.2. The minimum absolute atomic E-state index is 0.112. The highest BCUT2D eigenvalue weighted by atomic mass is 16.3. The Morgan fingerprint density at radius 1 is 1.23 bits per heavy atom. The lowest BCUT2D eigenvalue weighted by Gasteiger charge is -2.37. The van der Waals surface area contributed by atoms with E-state index < -0.39 is 0 Å². The van der Waals surface area contributed by atoms with Crippen LogP contribution in [0.4, 0.5) is 5.69 Å². The molecule has 0 amide bonds. The van der Waals surface area contributed by atoms with Crippen molar-refractivity contribution in [1.29, 1.82) is 0 Å². The summed E-state index contributed by atoms with van der Waals surface area (Å²) in [5.74, 6) is 0.401. The Morgan fingerprint density at radius 3 is 2.91 bits per heavy atom. The molecule has 0 saturated carbocycles. The zero-order valence-corrected chi connectivity index (χ0v) is 12.9. The molecule has 0 spiro atoms. The number of nitrogens with zero attached hydrogens (tertiary/aromatic N) is 1. The molecule has 2 aliphatic rings. The van der Waals surface area contributed by atoms with Crippen LogP contribution in [0.5, 0.6) is 0 Å². The molecular weight excluding hydrogens is 272 g/mol. The van der Waals surface area contributed by atoms with Gasteiger partial charge in [-0.15, -0.1) is 0 Å². The molecule has 1 aromatic carbocycles. The lowest BCUT2D eigenvalue weighted by atomic mass is 9.80. The number of aliphatic hydroxyl groups excluding tert-OH is 1. The zero-order chi connectivity index (χ0) is 15.3. The van der Waals surface area contributed by atoms with Crippen molar-refractivity contribution >= 4 is 16.6 Å². The van der Waals surface area contributed by atoms with Crippen LogP contribution in [-0.4, -0.2) is 16.6 Å².